The van der Waals surface area contributed by atoms with Crippen LogP contribution in [-0.2, 0) is 6.42 Å². The van der Waals surface area contributed by atoms with Gasteiger partial charge in [0.05, 0.1) is 5.56 Å². The van der Waals surface area contributed by atoms with E-state index in [1.54, 1.807) is 12.1 Å². The van der Waals surface area contributed by atoms with Crippen LogP contribution in [-0.4, -0.2) is 23.7 Å². The Morgan fingerprint density at radius 2 is 2.12 bits per heavy atom. The quantitative estimate of drug-likeness (QED) is 0.775. The van der Waals surface area contributed by atoms with Gasteiger partial charge in [-0.1, -0.05) is 25.1 Å². The molecule has 0 aliphatic rings. The zero-order valence-corrected chi connectivity index (χ0v) is 9.86. The topological polar surface area (TPSA) is 49.3 Å². The maximum atomic E-state index is 11.0. The molecular weight excluding hydrogens is 202 g/mol. The second kappa shape index (κ2) is 6.28. The number of nitrogens with one attached hydrogen (secondary N) is 1. The molecule has 3 heteroatoms. The van der Waals surface area contributed by atoms with Crippen LogP contribution in [0.25, 0.3) is 0 Å². The van der Waals surface area contributed by atoms with Crippen LogP contribution in [0.3, 0.4) is 0 Å². The summed E-state index contributed by atoms with van der Waals surface area (Å²) in [5, 5.41) is 12.4. The fraction of sp³-hybridized carbons (Fsp3) is 0.462. The molecule has 2 N–H and O–H groups in total. The molecule has 16 heavy (non-hydrogen) atoms. The Bertz CT molecular complexity index is 350. The summed E-state index contributed by atoms with van der Waals surface area (Å²) in [5.74, 6) is -0.848. The minimum absolute atomic E-state index is 0.411. The highest BCUT2D eigenvalue weighted by molar-refractivity contribution is 5.89. The van der Waals surface area contributed by atoms with Gasteiger partial charge in [0.1, 0.15) is 0 Å². The van der Waals surface area contributed by atoms with Gasteiger partial charge < -0.3 is 10.4 Å². The van der Waals surface area contributed by atoms with E-state index in [-0.39, 0.29) is 0 Å². The lowest BCUT2D eigenvalue weighted by Crippen LogP contribution is -2.27. The number of carboxylic acids is 1. The SMILES string of the molecule is CCC(C)NCCc1ccccc1C(=O)O. The van der Waals surface area contributed by atoms with Crippen LogP contribution in [0.2, 0.25) is 0 Å². The monoisotopic (exact) mass is 221 g/mol. The van der Waals surface area contributed by atoms with Crippen molar-refractivity contribution in [3.8, 4) is 0 Å². The van der Waals surface area contributed by atoms with Crippen LogP contribution in [0.15, 0.2) is 24.3 Å². The molecule has 0 fully saturated rings. The predicted molar refractivity (Wildman–Crippen MR) is 64.9 cm³/mol. The Labute approximate surface area is 96.5 Å². The highest BCUT2D eigenvalue weighted by Gasteiger charge is 2.08. The third kappa shape index (κ3) is 3.66. The average molecular weight is 221 g/mol. The lowest BCUT2D eigenvalue weighted by Gasteiger charge is -2.11. The highest BCUT2D eigenvalue weighted by atomic mass is 16.4. The number of benzene rings is 1. The van der Waals surface area contributed by atoms with Crippen LogP contribution >= 0.6 is 0 Å². The fourth-order valence-electron chi connectivity index (χ4n) is 1.54. The summed E-state index contributed by atoms with van der Waals surface area (Å²) < 4.78 is 0. The van der Waals surface area contributed by atoms with Gasteiger partial charge in [-0.15, -0.1) is 0 Å². The molecule has 0 aliphatic carbocycles. The van der Waals surface area contributed by atoms with E-state index in [4.69, 9.17) is 5.11 Å². The lowest BCUT2D eigenvalue weighted by molar-refractivity contribution is 0.0695. The number of hydrogen-bond acceptors (Lipinski definition) is 2. The Morgan fingerprint density at radius 1 is 1.44 bits per heavy atom. The summed E-state index contributed by atoms with van der Waals surface area (Å²) in [6.45, 7) is 5.07. The van der Waals surface area contributed by atoms with Crippen molar-refractivity contribution in [2.75, 3.05) is 6.54 Å². The molecular formula is C13H19NO2. The molecule has 88 valence electrons. The summed E-state index contributed by atoms with van der Waals surface area (Å²) in [4.78, 5) is 11.0. The van der Waals surface area contributed by atoms with Gasteiger partial charge in [0.2, 0.25) is 0 Å². The van der Waals surface area contributed by atoms with Gasteiger partial charge in [-0.25, -0.2) is 4.79 Å². The van der Waals surface area contributed by atoms with Crippen molar-refractivity contribution in [1.82, 2.24) is 5.32 Å². The standard InChI is InChI=1S/C13H19NO2/c1-3-10(2)14-9-8-11-6-4-5-7-12(11)13(15)16/h4-7,10,14H,3,8-9H2,1-2H3,(H,15,16). The normalized spacial score (nSPS) is 12.4. The molecule has 1 aromatic carbocycles. The minimum Gasteiger partial charge on any atom is -0.478 e. The van der Waals surface area contributed by atoms with E-state index in [1.165, 1.54) is 0 Å². The summed E-state index contributed by atoms with van der Waals surface area (Å²) in [6.07, 6.45) is 1.84. The molecule has 1 atom stereocenters. The van der Waals surface area contributed by atoms with Crippen molar-refractivity contribution >= 4 is 5.97 Å². The smallest absolute Gasteiger partial charge is 0.335 e. The molecule has 0 aliphatic heterocycles. The average Bonchev–Trinajstić information content (AvgIpc) is 2.29. The Morgan fingerprint density at radius 3 is 2.75 bits per heavy atom. The zero-order chi connectivity index (χ0) is 12.0. The van der Waals surface area contributed by atoms with Crippen LogP contribution in [0, 0.1) is 0 Å². The van der Waals surface area contributed by atoms with Crippen molar-refractivity contribution in [3.63, 3.8) is 0 Å². The molecule has 3 nitrogen and oxygen atoms in total. The Kier molecular flexibility index (Phi) is 4.99. The molecule has 0 saturated carbocycles. The molecule has 1 aromatic rings. The molecule has 0 spiro atoms. The second-order valence-corrected chi connectivity index (χ2v) is 3.98. The van der Waals surface area contributed by atoms with Crippen molar-refractivity contribution in [3.05, 3.63) is 35.4 Å². The number of carboxylic acid groups (broad SMARTS) is 1. The van der Waals surface area contributed by atoms with Crippen molar-refractivity contribution in [2.24, 2.45) is 0 Å². The number of aromatic carboxylic acids is 1. The van der Waals surface area contributed by atoms with Gasteiger partial charge in [0.15, 0.2) is 0 Å². The zero-order valence-electron chi connectivity index (χ0n) is 9.86. The molecule has 1 unspecified atom stereocenters. The summed E-state index contributed by atoms with van der Waals surface area (Å²) in [7, 11) is 0. The van der Waals surface area contributed by atoms with Crippen molar-refractivity contribution < 1.29 is 9.90 Å². The van der Waals surface area contributed by atoms with Gasteiger partial charge in [0, 0.05) is 6.04 Å². The molecule has 1 rings (SSSR count). The highest BCUT2D eigenvalue weighted by Crippen LogP contribution is 2.09. The lowest BCUT2D eigenvalue weighted by atomic mass is 10.0. The fourth-order valence-corrected chi connectivity index (χ4v) is 1.54. The molecule has 0 bridgehead atoms. The minimum atomic E-state index is -0.848. The number of rotatable bonds is 6. The Hall–Kier alpha value is -1.35. The van der Waals surface area contributed by atoms with Crippen LogP contribution in [0.4, 0.5) is 0 Å². The van der Waals surface area contributed by atoms with Gasteiger partial charge in [-0.2, -0.15) is 0 Å². The molecule has 0 aromatic heterocycles. The second-order valence-electron chi connectivity index (χ2n) is 3.98. The summed E-state index contributed by atoms with van der Waals surface area (Å²) in [5.41, 5.74) is 1.30. The first kappa shape index (κ1) is 12.7. The van der Waals surface area contributed by atoms with Gasteiger partial charge >= 0.3 is 5.97 Å². The van der Waals surface area contributed by atoms with Crippen LogP contribution in [0.1, 0.15) is 36.2 Å². The summed E-state index contributed by atoms with van der Waals surface area (Å²) in [6, 6.07) is 7.65. The van der Waals surface area contributed by atoms with Crippen molar-refractivity contribution in [1.29, 1.82) is 0 Å². The first-order valence-electron chi connectivity index (χ1n) is 5.69. The van der Waals surface area contributed by atoms with Gasteiger partial charge in [0.25, 0.3) is 0 Å². The molecule has 0 amide bonds. The van der Waals surface area contributed by atoms with Crippen molar-refractivity contribution in [2.45, 2.75) is 32.7 Å². The van der Waals surface area contributed by atoms with Crippen LogP contribution in [0.5, 0.6) is 0 Å². The maximum absolute atomic E-state index is 11.0. The van der Waals surface area contributed by atoms with E-state index in [0.29, 0.717) is 11.6 Å². The largest absolute Gasteiger partial charge is 0.478 e. The third-order valence-electron chi connectivity index (χ3n) is 2.75. The molecule has 0 saturated heterocycles. The summed E-state index contributed by atoms with van der Waals surface area (Å²) >= 11 is 0. The van der Waals surface area contributed by atoms with E-state index in [2.05, 4.69) is 19.2 Å². The van der Waals surface area contributed by atoms with Gasteiger partial charge in [-0.3, -0.25) is 0 Å². The third-order valence-corrected chi connectivity index (χ3v) is 2.75. The van der Waals surface area contributed by atoms with E-state index >= 15 is 0 Å². The van der Waals surface area contributed by atoms with E-state index in [0.717, 1.165) is 24.9 Å². The number of hydrogen-bond donors (Lipinski definition) is 2. The molecule has 0 heterocycles. The van der Waals surface area contributed by atoms with Gasteiger partial charge in [-0.05, 0) is 37.9 Å². The van der Waals surface area contributed by atoms with E-state index < -0.39 is 5.97 Å². The first-order valence-corrected chi connectivity index (χ1v) is 5.69. The maximum Gasteiger partial charge on any atom is 0.335 e. The first-order chi connectivity index (χ1) is 7.65. The molecule has 0 radical (unpaired) electrons. The predicted octanol–water partition coefficient (Wildman–Crippen LogP) is 2.32. The number of carbonyl (C=O) groups is 1. The Balaban J connectivity index is 2.56. The van der Waals surface area contributed by atoms with E-state index in [1.807, 2.05) is 12.1 Å². The van der Waals surface area contributed by atoms with E-state index in [9.17, 15) is 4.79 Å². The van der Waals surface area contributed by atoms with Crippen LogP contribution < -0.4 is 5.32 Å².